The minimum atomic E-state index is 0.0330. The number of hydrogen-bond acceptors (Lipinski definition) is 4. The lowest BCUT2D eigenvalue weighted by molar-refractivity contribution is -0.131. The van der Waals surface area contributed by atoms with Crippen molar-refractivity contribution in [3.05, 3.63) is 64.9 Å². The van der Waals surface area contributed by atoms with Gasteiger partial charge in [0.15, 0.2) is 0 Å². The van der Waals surface area contributed by atoms with Crippen LogP contribution < -0.4 is 0 Å². The molecular weight excluding hydrogens is 320 g/mol. The summed E-state index contributed by atoms with van der Waals surface area (Å²) in [7, 11) is 1.87. The molecule has 0 aliphatic heterocycles. The molecule has 0 unspecified atom stereocenters. The van der Waals surface area contributed by atoms with Gasteiger partial charge >= 0.3 is 0 Å². The molecule has 1 amide bonds. The lowest BCUT2D eigenvalue weighted by atomic mass is 10.1. The molecule has 24 heavy (non-hydrogen) atoms. The lowest BCUT2D eigenvalue weighted by Gasteiger charge is -2.25. The van der Waals surface area contributed by atoms with E-state index >= 15 is 0 Å². The standard InChI is InChI=1S/C18H20N4OS/c1-14(21(2)18(23)10-9-17-4-3-11-24-17)15-5-7-16(8-6-15)22-13-19-12-20-22/h3-8,11-14H,9-10H2,1-2H3/t14-/m0/s1. The zero-order valence-corrected chi connectivity index (χ0v) is 14.6. The van der Waals surface area contributed by atoms with Crippen LogP contribution in [0.3, 0.4) is 0 Å². The van der Waals surface area contributed by atoms with E-state index in [4.69, 9.17) is 0 Å². The molecule has 1 atom stereocenters. The van der Waals surface area contributed by atoms with Gasteiger partial charge in [0, 0.05) is 18.3 Å². The predicted octanol–water partition coefficient (Wildman–Crippen LogP) is 3.48. The molecule has 0 bridgehead atoms. The Bertz CT molecular complexity index is 766. The molecule has 0 fully saturated rings. The van der Waals surface area contributed by atoms with Crippen LogP contribution in [-0.2, 0) is 11.2 Å². The quantitative estimate of drug-likeness (QED) is 0.690. The Morgan fingerprint density at radius 1 is 1.29 bits per heavy atom. The molecule has 0 saturated heterocycles. The third-order valence-corrected chi connectivity index (χ3v) is 5.13. The summed E-state index contributed by atoms with van der Waals surface area (Å²) in [6.07, 6.45) is 4.52. The van der Waals surface area contributed by atoms with Gasteiger partial charge in [0.25, 0.3) is 0 Å². The highest BCUT2D eigenvalue weighted by atomic mass is 32.1. The van der Waals surface area contributed by atoms with E-state index in [-0.39, 0.29) is 11.9 Å². The number of aryl methyl sites for hydroxylation is 1. The Kier molecular flexibility index (Phi) is 5.05. The van der Waals surface area contributed by atoms with E-state index in [1.165, 1.54) is 11.2 Å². The van der Waals surface area contributed by atoms with Gasteiger partial charge < -0.3 is 4.90 Å². The highest BCUT2D eigenvalue weighted by Gasteiger charge is 2.17. The second-order valence-electron chi connectivity index (χ2n) is 5.69. The highest BCUT2D eigenvalue weighted by molar-refractivity contribution is 7.09. The summed E-state index contributed by atoms with van der Waals surface area (Å²) in [5.74, 6) is 0.163. The maximum atomic E-state index is 12.4. The summed E-state index contributed by atoms with van der Waals surface area (Å²) in [6.45, 7) is 2.05. The average Bonchev–Trinajstić information content (AvgIpc) is 3.32. The summed E-state index contributed by atoms with van der Waals surface area (Å²) in [5, 5.41) is 6.16. The first kappa shape index (κ1) is 16.4. The van der Waals surface area contributed by atoms with Crippen LogP contribution in [-0.4, -0.2) is 32.6 Å². The van der Waals surface area contributed by atoms with Crippen LogP contribution in [0.2, 0.25) is 0 Å². The third-order valence-electron chi connectivity index (χ3n) is 4.20. The maximum absolute atomic E-state index is 12.4. The molecule has 3 rings (SSSR count). The molecular formula is C18H20N4OS. The van der Waals surface area contributed by atoms with Crippen molar-refractivity contribution in [2.45, 2.75) is 25.8 Å². The third kappa shape index (κ3) is 3.71. The molecule has 5 nitrogen and oxygen atoms in total. The fraction of sp³-hybridized carbons (Fsp3) is 0.278. The van der Waals surface area contributed by atoms with E-state index < -0.39 is 0 Å². The SMILES string of the molecule is C[C@@H](c1ccc(-n2cncn2)cc1)N(C)C(=O)CCc1cccs1. The first-order valence-corrected chi connectivity index (χ1v) is 8.76. The van der Waals surface area contributed by atoms with Crippen molar-refractivity contribution in [2.75, 3.05) is 7.05 Å². The molecule has 2 aromatic heterocycles. The van der Waals surface area contributed by atoms with Gasteiger partial charge in [0.2, 0.25) is 5.91 Å². The molecule has 3 aromatic rings. The molecule has 0 spiro atoms. The molecule has 0 aliphatic rings. The van der Waals surface area contributed by atoms with E-state index in [0.29, 0.717) is 6.42 Å². The summed E-state index contributed by atoms with van der Waals surface area (Å²) in [4.78, 5) is 19.4. The molecule has 2 heterocycles. The summed E-state index contributed by atoms with van der Waals surface area (Å²) in [6, 6.07) is 12.2. The first-order valence-electron chi connectivity index (χ1n) is 7.88. The first-order chi connectivity index (χ1) is 11.6. The minimum Gasteiger partial charge on any atom is -0.339 e. The zero-order valence-electron chi connectivity index (χ0n) is 13.8. The van der Waals surface area contributed by atoms with Gasteiger partial charge in [-0.1, -0.05) is 18.2 Å². The number of carbonyl (C=O) groups excluding carboxylic acids is 1. The molecule has 0 radical (unpaired) electrons. The fourth-order valence-electron chi connectivity index (χ4n) is 2.55. The van der Waals surface area contributed by atoms with Gasteiger partial charge in [0.1, 0.15) is 12.7 Å². The molecule has 0 saturated carbocycles. The van der Waals surface area contributed by atoms with Crippen LogP contribution in [0.4, 0.5) is 0 Å². The smallest absolute Gasteiger partial charge is 0.223 e. The van der Waals surface area contributed by atoms with Gasteiger partial charge in [-0.05, 0) is 42.5 Å². The van der Waals surface area contributed by atoms with Crippen LogP contribution in [0.5, 0.6) is 0 Å². The monoisotopic (exact) mass is 340 g/mol. The van der Waals surface area contributed by atoms with Crippen LogP contribution in [0, 0.1) is 0 Å². The lowest BCUT2D eigenvalue weighted by Crippen LogP contribution is -2.29. The Balaban J connectivity index is 1.62. The van der Waals surface area contributed by atoms with E-state index in [9.17, 15) is 4.79 Å². The fourth-order valence-corrected chi connectivity index (χ4v) is 3.26. The van der Waals surface area contributed by atoms with Crippen LogP contribution >= 0.6 is 11.3 Å². The van der Waals surface area contributed by atoms with Crippen molar-refractivity contribution in [1.29, 1.82) is 0 Å². The number of nitrogens with zero attached hydrogens (tertiary/aromatic N) is 4. The van der Waals surface area contributed by atoms with Gasteiger partial charge in [-0.3, -0.25) is 4.79 Å². The largest absolute Gasteiger partial charge is 0.339 e. The average molecular weight is 340 g/mol. The predicted molar refractivity (Wildman–Crippen MR) is 95.2 cm³/mol. The Labute approximate surface area is 145 Å². The van der Waals surface area contributed by atoms with E-state index in [0.717, 1.165) is 17.7 Å². The van der Waals surface area contributed by atoms with Gasteiger partial charge in [0.05, 0.1) is 11.7 Å². The van der Waals surface area contributed by atoms with Crippen LogP contribution in [0.25, 0.3) is 5.69 Å². The molecule has 6 heteroatoms. The van der Waals surface area contributed by atoms with Gasteiger partial charge in [-0.2, -0.15) is 5.10 Å². The summed E-state index contributed by atoms with van der Waals surface area (Å²) >= 11 is 1.70. The second-order valence-corrected chi connectivity index (χ2v) is 6.72. The van der Waals surface area contributed by atoms with Gasteiger partial charge in [-0.25, -0.2) is 9.67 Å². The Morgan fingerprint density at radius 2 is 2.08 bits per heavy atom. The molecule has 124 valence electrons. The van der Waals surface area contributed by atoms with Gasteiger partial charge in [-0.15, -0.1) is 11.3 Å². The van der Waals surface area contributed by atoms with Crippen molar-refractivity contribution in [3.63, 3.8) is 0 Å². The number of thiophene rings is 1. The van der Waals surface area contributed by atoms with E-state index in [1.54, 1.807) is 22.3 Å². The summed E-state index contributed by atoms with van der Waals surface area (Å²) in [5.41, 5.74) is 2.06. The summed E-state index contributed by atoms with van der Waals surface area (Å²) < 4.78 is 1.71. The number of benzene rings is 1. The van der Waals surface area contributed by atoms with Crippen molar-refractivity contribution >= 4 is 17.2 Å². The normalized spacial score (nSPS) is 12.1. The second kappa shape index (κ2) is 7.40. The van der Waals surface area contributed by atoms with Crippen molar-refractivity contribution < 1.29 is 4.79 Å². The topological polar surface area (TPSA) is 51.0 Å². The van der Waals surface area contributed by atoms with Crippen LogP contribution in [0.1, 0.15) is 29.8 Å². The number of aromatic nitrogens is 3. The van der Waals surface area contributed by atoms with E-state index in [2.05, 4.69) is 16.1 Å². The van der Waals surface area contributed by atoms with Crippen molar-refractivity contribution in [3.8, 4) is 5.69 Å². The number of rotatable bonds is 6. The molecule has 1 aromatic carbocycles. The number of carbonyl (C=O) groups is 1. The number of amides is 1. The molecule has 0 N–H and O–H groups in total. The zero-order chi connectivity index (χ0) is 16.9. The highest BCUT2D eigenvalue weighted by Crippen LogP contribution is 2.21. The van der Waals surface area contributed by atoms with Crippen molar-refractivity contribution in [2.24, 2.45) is 0 Å². The Hall–Kier alpha value is -2.47. The Morgan fingerprint density at radius 3 is 2.71 bits per heavy atom. The number of hydrogen-bond donors (Lipinski definition) is 0. The van der Waals surface area contributed by atoms with Crippen LogP contribution in [0.15, 0.2) is 54.4 Å². The minimum absolute atomic E-state index is 0.0330. The molecule has 0 aliphatic carbocycles. The van der Waals surface area contributed by atoms with E-state index in [1.807, 2.05) is 54.6 Å². The maximum Gasteiger partial charge on any atom is 0.223 e. The van der Waals surface area contributed by atoms with Crippen molar-refractivity contribution in [1.82, 2.24) is 19.7 Å².